The molecule has 4 nitrogen and oxygen atoms in total. The van der Waals surface area contributed by atoms with Crippen molar-refractivity contribution in [3.8, 4) is 0 Å². The fourth-order valence-electron chi connectivity index (χ4n) is 2.02. The number of nitrogens with zero attached hydrogens (tertiary/aromatic N) is 1. The van der Waals surface area contributed by atoms with Crippen LogP contribution in [0.3, 0.4) is 0 Å². The molecule has 1 heterocycles. The number of amides is 2. The van der Waals surface area contributed by atoms with Gasteiger partial charge in [0.15, 0.2) is 0 Å². The molecule has 0 aromatic heterocycles. The van der Waals surface area contributed by atoms with Crippen LogP contribution in [-0.2, 0) is 4.79 Å². The van der Waals surface area contributed by atoms with Gasteiger partial charge in [0.2, 0.25) is 0 Å². The first-order chi connectivity index (χ1) is 8.20. The Morgan fingerprint density at radius 3 is 2.76 bits per heavy atom. The zero-order chi connectivity index (χ0) is 12.3. The van der Waals surface area contributed by atoms with Crippen molar-refractivity contribution in [2.75, 3.05) is 11.9 Å². The van der Waals surface area contributed by atoms with Crippen molar-refractivity contribution in [3.63, 3.8) is 0 Å². The van der Waals surface area contributed by atoms with Crippen LogP contribution < -0.4 is 5.32 Å². The Morgan fingerprint density at radius 1 is 1.41 bits per heavy atom. The first kappa shape index (κ1) is 11.6. The number of urea groups is 1. The molecule has 0 bridgehead atoms. The van der Waals surface area contributed by atoms with Gasteiger partial charge in [-0.25, -0.2) is 4.79 Å². The summed E-state index contributed by atoms with van der Waals surface area (Å²) in [6, 6.07) is 7.15. The van der Waals surface area contributed by atoms with Crippen LogP contribution in [0.1, 0.15) is 18.4 Å². The molecule has 17 heavy (non-hydrogen) atoms. The van der Waals surface area contributed by atoms with Crippen molar-refractivity contribution < 1.29 is 9.59 Å². The van der Waals surface area contributed by atoms with Crippen LogP contribution >= 0.6 is 0 Å². The topological polar surface area (TPSA) is 49.4 Å². The second kappa shape index (κ2) is 4.99. The van der Waals surface area contributed by atoms with E-state index in [1.807, 2.05) is 31.2 Å². The molecule has 1 aromatic rings. The highest BCUT2D eigenvalue weighted by Crippen LogP contribution is 2.17. The van der Waals surface area contributed by atoms with E-state index in [1.165, 1.54) is 0 Å². The Kier molecular flexibility index (Phi) is 3.42. The van der Waals surface area contributed by atoms with Crippen molar-refractivity contribution >= 4 is 18.0 Å². The lowest BCUT2D eigenvalue weighted by molar-refractivity contribution is -0.110. The minimum Gasteiger partial charge on any atom is -0.315 e. The number of hydrogen-bond donors (Lipinski definition) is 1. The molecule has 0 aliphatic carbocycles. The van der Waals surface area contributed by atoms with Crippen molar-refractivity contribution in [1.82, 2.24) is 4.90 Å². The molecule has 0 saturated carbocycles. The van der Waals surface area contributed by atoms with E-state index in [0.717, 1.165) is 30.4 Å². The molecule has 4 heteroatoms. The van der Waals surface area contributed by atoms with Crippen molar-refractivity contribution in [2.24, 2.45) is 0 Å². The van der Waals surface area contributed by atoms with Crippen LogP contribution in [0.15, 0.2) is 24.3 Å². The quantitative estimate of drug-likeness (QED) is 0.794. The third kappa shape index (κ3) is 2.64. The number of aldehydes is 1. The van der Waals surface area contributed by atoms with Gasteiger partial charge in [0, 0.05) is 12.2 Å². The summed E-state index contributed by atoms with van der Waals surface area (Å²) in [4.78, 5) is 24.3. The predicted octanol–water partition coefficient (Wildman–Crippen LogP) is 2.19. The SMILES string of the molecule is Cc1ccc(NC(=O)N2CCCC2C=O)cc1. The minimum atomic E-state index is -0.263. The molecular formula is C13H16N2O2. The van der Waals surface area contributed by atoms with E-state index in [-0.39, 0.29) is 12.1 Å². The first-order valence-electron chi connectivity index (χ1n) is 5.80. The number of carbonyl (C=O) groups is 2. The van der Waals surface area contributed by atoms with E-state index < -0.39 is 0 Å². The first-order valence-corrected chi connectivity index (χ1v) is 5.80. The molecule has 1 aliphatic rings. The maximum absolute atomic E-state index is 11.9. The molecule has 1 aromatic carbocycles. The predicted molar refractivity (Wildman–Crippen MR) is 66.0 cm³/mol. The second-order valence-corrected chi connectivity index (χ2v) is 4.34. The average molecular weight is 232 g/mol. The summed E-state index contributed by atoms with van der Waals surface area (Å²) in [5.41, 5.74) is 1.91. The normalized spacial score (nSPS) is 19.1. The van der Waals surface area contributed by atoms with Crippen LogP contribution in [0, 0.1) is 6.92 Å². The fourth-order valence-corrected chi connectivity index (χ4v) is 2.02. The molecule has 1 aliphatic heterocycles. The molecular weight excluding hydrogens is 216 g/mol. The average Bonchev–Trinajstić information content (AvgIpc) is 2.80. The number of likely N-dealkylation sites (tertiary alicyclic amines) is 1. The Hall–Kier alpha value is -1.84. The number of anilines is 1. The van der Waals surface area contributed by atoms with Gasteiger partial charge in [0.1, 0.15) is 6.29 Å². The number of benzene rings is 1. The zero-order valence-electron chi connectivity index (χ0n) is 9.85. The number of carbonyl (C=O) groups excluding carboxylic acids is 2. The van der Waals surface area contributed by atoms with Crippen LogP contribution in [0.2, 0.25) is 0 Å². The summed E-state index contributed by atoms with van der Waals surface area (Å²) in [5.74, 6) is 0. The largest absolute Gasteiger partial charge is 0.322 e. The number of hydrogen-bond acceptors (Lipinski definition) is 2. The highest BCUT2D eigenvalue weighted by Gasteiger charge is 2.28. The van der Waals surface area contributed by atoms with E-state index in [2.05, 4.69) is 5.32 Å². The van der Waals surface area contributed by atoms with Gasteiger partial charge in [0.25, 0.3) is 0 Å². The monoisotopic (exact) mass is 232 g/mol. The number of nitrogens with one attached hydrogen (secondary N) is 1. The smallest absolute Gasteiger partial charge is 0.315 e. The van der Waals surface area contributed by atoms with E-state index in [4.69, 9.17) is 0 Å². The molecule has 2 rings (SSSR count). The third-order valence-electron chi connectivity index (χ3n) is 3.02. The van der Waals surface area contributed by atoms with Crippen molar-refractivity contribution in [3.05, 3.63) is 29.8 Å². The van der Waals surface area contributed by atoms with Crippen molar-refractivity contribution in [1.29, 1.82) is 0 Å². The molecule has 1 saturated heterocycles. The molecule has 2 amide bonds. The van der Waals surface area contributed by atoms with Crippen LogP contribution in [0.25, 0.3) is 0 Å². The number of aryl methyl sites for hydroxylation is 1. The Bertz CT molecular complexity index is 414. The highest BCUT2D eigenvalue weighted by molar-refractivity contribution is 5.91. The van der Waals surface area contributed by atoms with Gasteiger partial charge in [-0.2, -0.15) is 0 Å². The van der Waals surface area contributed by atoms with Gasteiger partial charge in [-0.1, -0.05) is 17.7 Å². The Morgan fingerprint density at radius 2 is 2.12 bits per heavy atom. The number of rotatable bonds is 2. The van der Waals surface area contributed by atoms with Crippen molar-refractivity contribution in [2.45, 2.75) is 25.8 Å². The van der Waals surface area contributed by atoms with Gasteiger partial charge >= 0.3 is 6.03 Å². The third-order valence-corrected chi connectivity index (χ3v) is 3.02. The van der Waals surface area contributed by atoms with Crippen LogP contribution in [-0.4, -0.2) is 29.8 Å². The van der Waals surface area contributed by atoms with E-state index in [9.17, 15) is 9.59 Å². The summed E-state index contributed by atoms with van der Waals surface area (Å²) in [6.07, 6.45) is 2.51. The van der Waals surface area contributed by atoms with Gasteiger partial charge in [-0.05, 0) is 31.9 Å². The summed E-state index contributed by atoms with van der Waals surface area (Å²) in [7, 11) is 0. The molecule has 90 valence electrons. The summed E-state index contributed by atoms with van der Waals surface area (Å²) in [5, 5.41) is 2.80. The summed E-state index contributed by atoms with van der Waals surface area (Å²) < 4.78 is 0. The lowest BCUT2D eigenvalue weighted by atomic mass is 10.2. The van der Waals surface area contributed by atoms with Gasteiger partial charge < -0.3 is 15.0 Å². The minimum absolute atomic E-state index is 0.191. The van der Waals surface area contributed by atoms with Crippen LogP contribution in [0.5, 0.6) is 0 Å². The summed E-state index contributed by atoms with van der Waals surface area (Å²) in [6.45, 7) is 2.65. The highest BCUT2D eigenvalue weighted by atomic mass is 16.2. The van der Waals surface area contributed by atoms with E-state index in [0.29, 0.717) is 6.54 Å². The lowest BCUT2D eigenvalue weighted by Gasteiger charge is -2.20. The van der Waals surface area contributed by atoms with E-state index in [1.54, 1.807) is 4.90 Å². The standard InChI is InChI=1S/C13H16N2O2/c1-10-4-6-11(7-5-10)14-13(17)15-8-2-3-12(15)9-16/h4-7,9,12H,2-3,8H2,1H3,(H,14,17). The van der Waals surface area contributed by atoms with E-state index >= 15 is 0 Å². The van der Waals surface area contributed by atoms with Gasteiger partial charge in [-0.15, -0.1) is 0 Å². The Balaban J connectivity index is 2.01. The molecule has 1 fully saturated rings. The Labute approximate surface area is 101 Å². The molecule has 0 radical (unpaired) electrons. The van der Waals surface area contributed by atoms with Gasteiger partial charge in [0.05, 0.1) is 6.04 Å². The molecule has 1 unspecified atom stereocenters. The second-order valence-electron chi connectivity index (χ2n) is 4.34. The van der Waals surface area contributed by atoms with Gasteiger partial charge in [-0.3, -0.25) is 0 Å². The maximum Gasteiger partial charge on any atom is 0.322 e. The zero-order valence-corrected chi connectivity index (χ0v) is 9.85. The molecule has 1 atom stereocenters. The fraction of sp³-hybridized carbons (Fsp3) is 0.385. The molecule has 0 spiro atoms. The summed E-state index contributed by atoms with van der Waals surface area (Å²) >= 11 is 0. The lowest BCUT2D eigenvalue weighted by Crippen LogP contribution is -2.39. The maximum atomic E-state index is 11.9. The van der Waals surface area contributed by atoms with Crippen LogP contribution in [0.4, 0.5) is 10.5 Å². The molecule has 1 N–H and O–H groups in total.